The molecule has 0 bridgehead atoms. The predicted molar refractivity (Wildman–Crippen MR) is 38.2 cm³/mol. The molecule has 1 rings (SSSR count). The smallest absolute Gasteiger partial charge is 0.393 e. The first kappa shape index (κ1) is 10.3. The minimum absolute atomic E-state index is 0.104. The molecular weight excluding hydrogens is 187 g/mol. The Kier molecular flexibility index (Phi) is 2.80. The van der Waals surface area contributed by atoms with Crippen molar-refractivity contribution in [2.75, 3.05) is 6.54 Å². The number of carboxylic acid groups (broad SMARTS) is 1. The van der Waals surface area contributed by atoms with Gasteiger partial charge in [0.15, 0.2) is 0 Å². The second kappa shape index (κ2) is 3.53. The highest BCUT2D eigenvalue weighted by Crippen LogP contribution is 2.34. The van der Waals surface area contributed by atoms with Gasteiger partial charge in [-0.2, -0.15) is 13.2 Å². The summed E-state index contributed by atoms with van der Waals surface area (Å²) >= 11 is 0. The molecule has 1 saturated heterocycles. The fourth-order valence-corrected chi connectivity index (χ4v) is 1.50. The van der Waals surface area contributed by atoms with Crippen LogP contribution in [0.15, 0.2) is 0 Å². The molecule has 0 saturated carbocycles. The van der Waals surface area contributed by atoms with Crippen LogP contribution in [0.3, 0.4) is 0 Å². The van der Waals surface area contributed by atoms with Gasteiger partial charge in [0.2, 0.25) is 0 Å². The maximum Gasteiger partial charge on any atom is 0.393 e. The van der Waals surface area contributed by atoms with Crippen molar-refractivity contribution in [1.82, 2.24) is 5.32 Å². The zero-order valence-electron chi connectivity index (χ0n) is 6.77. The number of aliphatic carboxylic acids is 1. The normalized spacial score (nSPS) is 30.1. The predicted octanol–water partition coefficient (Wildman–Crippen LogP) is 1.00. The molecule has 2 atom stereocenters. The maximum atomic E-state index is 12.2. The number of piperidine rings is 1. The van der Waals surface area contributed by atoms with Crippen molar-refractivity contribution < 1.29 is 23.1 Å². The largest absolute Gasteiger partial charge is 0.480 e. The molecule has 0 aromatic carbocycles. The van der Waals surface area contributed by atoms with E-state index >= 15 is 0 Å². The van der Waals surface area contributed by atoms with Crippen LogP contribution in [-0.4, -0.2) is 29.8 Å². The molecule has 6 heteroatoms. The van der Waals surface area contributed by atoms with E-state index in [1.54, 1.807) is 0 Å². The number of hydrogen-bond donors (Lipinski definition) is 2. The van der Waals surface area contributed by atoms with Crippen LogP contribution in [0, 0.1) is 5.92 Å². The van der Waals surface area contributed by atoms with E-state index in [1.165, 1.54) is 0 Å². The average molecular weight is 197 g/mol. The van der Waals surface area contributed by atoms with Crippen molar-refractivity contribution in [3.8, 4) is 0 Å². The molecule has 2 N–H and O–H groups in total. The van der Waals surface area contributed by atoms with Crippen LogP contribution in [0.25, 0.3) is 0 Å². The van der Waals surface area contributed by atoms with Gasteiger partial charge in [-0.05, 0) is 19.4 Å². The molecule has 0 aromatic heterocycles. The van der Waals surface area contributed by atoms with Crippen molar-refractivity contribution in [2.45, 2.75) is 25.1 Å². The van der Waals surface area contributed by atoms with Crippen LogP contribution >= 0.6 is 0 Å². The van der Waals surface area contributed by atoms with E-state index < -0.39 is 24.1 Å². The molecule has 13 heavy (non-hydrogen) atoms. The third kappa shape index (κ3) is 2.33. The second-order valence-electron chi connectivity index (χ2n) is 3.06. The van der Waals surface area contributed by atoms with Crippen LogP contribution < -0.4 is 5.32 Å². The fraction of sp³-hybridized carbons (Fsp3) is 0.857. The average Bonchev–Trinajstić information content (AvgIpc) is 2.03. The van der Waals surface area contributed by atoms with Gasteiger partial charge < -0.3 is 10.4 Å². The highest BCUT2D eigenvalue weighted by Gasteiger charge is 2.48. The van der Waals surface area contributed by atoms with E-state index in [-0.39, 0.29) is 6.42 Å². The highest BCUT2D eigenvalue weighted by molar-refractivity contribution is 5.74. The lowest BCUT2D eigenvalue weighted by Gasteiger charge is -2.30. The first-order chi connectivity index (χ1) is 5.93. The number of halogens is 3. The van der Waals surface area contributed by atoms with Crippen LogP contribution in [0.1, 0.15) is 12.8 Å². The Morgan fingerprint density at radius 2 is 2.08 bits per heavy atom. The molecule has 0 radical (unpaired) electrons. The molecule has 1 fully saturated rings. The third-order valence-corrected chi connectivity index (χ3v) is 2.15. The van der Waals surface area contributed by atoms with Gasteiger partial charge in [0, 0.05) is 0 Å². The summed E-state index contributed by atoms with van der Waals surface area (Å²) in [4.78, 5) is 10.4. The molecule has 0 aliphatic carbocycles. The summed E-state index contributed by atoms with van der Waals surface area (Å²) in [5, 5.41) is 10.9. The van der Waals surface area contributed by atoms with Crippen molar-refractivity contribution in [1.29, 1.82) is 0 Å². The zero-order valence-corrected chi connectivity index (χ0v) is 6.77. The van der Waals surface area contributed by atoms with Crippen LogP contribution in [0.5, 0.6) is 0 Å². The van der Waals surface area contributed by atoms with E-state index in [0.29, 0.717) is 13.0 Å². The Balaban J connectivity index is 2.73. The first-order valence-corrected chi connectivity index (χ1v) is 3.96. The van der Waals surface area contributed by atoms with Crippen molar-refractivity contribution in [2.24, 2.45) is 5.92 Å². The van der Waals surface area contributed by atoms with E-state index in [0.717, 1.165) is 0 Å². The maximum absolute atomic E-state index is 12.2. The van der Waals surface area contributed by atoms with Crippen LogP contribution in [0.2, 0.25) is 0 Å². The molecule has 76 valence electrons. The quantitative estimate of drug-likeness (QED) is 0.659. The summed E-state index contributed by atoms with van der Waals surface area (Å²) in [6.07, 6.45) is -4.15. The molecule has 1 aliphatic heterocycles. The van der Waals surface area contributed by atoms with E-state index in [1.807, 2.05) is 0 Å². The second-order valence-corrected chi connectivity index (χ2v) is 3.06. The third-order valence-electron chi connectivity index (χ3n) is 2.15. The molecule has 0 amide bonds. The Bertz CT molecular complexity index is 204. The van der Waals surface area contributed by atoms with Crippen LogP contribution in [-0.2, 0) is 4.79 Å². The summed E-state index contributed by atoms with van der Waals surface area (Å²) in [5.74, 6) is -3.18. The zero-order chi connectivity index (χ0) is 10.1. The molecule has 0 unspecified atom stereocenters. The Hall–Kier alpha value is -0.780. The molecule has 3 nitrogen and oxygen atoms in total. The summed E-state index contributed by atoms with van der Waals surface area (Å²) in [6.45, 7) is 0.337. The van der Waals surface area contributed by atoms with Gasteiger partial charge in [-0.3, -0.25) is 4.79 Å². The standard InChI is InChI=1S/C7H10F3NO2/c8-7(9,10)4-2-1-3-11-5(4)6(12)13/h4-5,11H,1-3H2,(H,12,13)/t4-,5+/m0/s1. The molecule has 0 spiro atoms. The van der Waals surface area contributed by atoms with Gasteiger partial charge in [0.25, 0.3) is 0 Å². The minimum atomic E-state index is -4.42. The monoisotopic (exact) mass is 197 g/mol. The first-order valence-electron chi connectivity index (χ1n) is 3.96. The van der Waals surface area contributed by atoms with Gasteiger partial charge in [0.1, 0.15) is 6.04 Å². The van der Waals surface area contributed by atoms with Gasteiger partial charge in [0.05, 0.1) is 5.92 Å². The lowest BCUT2D eigenvalue weighted by molar-refractivity contribution is -0.194. The topological polar surface area (TPSA) is 49.3 Å². The number of alkyl halides is 3. The van der Waals surface area contributed by atoms with Gasteiger partial charge >= 0.3 is 12.1 Å². The summed E-state index contributed by atoms with van der Waals surface area (Å²) in [6, 6.07) is -1.48. The Morgan fingerprint density at radius 1 is 1.46 bits per heavy atom. The van der Waals surface area contributed by atoms with Crippen molar-refractivity contribution in [3.05, 3.63) is 0 Å². The summed E-state index contributed by atoms with van der Waals surface area (Å²) in [7, 11) is 0. The lowest BCUT2D eigenvalue weighted by atomic mass is 9.90. The number of carboxylic acids is 1. The van der Waals surface area contributed by atoms with E-state index in [9.17, 15) is 18.0 Å². The molecule has 1 aliphatic rings. The Morgan fingerprint density at radius 3 is 2.46 bits per heavy atom. The SMILES string of the molecule is O=C(O)[C@@H]1NCCC[C@@H]1C(F)(F)F. The number of rotatable bonds is 1. The molecule has 1 heterocycles. The lowest BCUT2D eigenvalue weighted by Crippen LogP contribution is -2.51. The van der Waals surface area contributed by atoms with Gasteiger partial charge in [-0.15, -0.1) is 0 Å². The van der Waals surface area contributed by atoms with Crippen LogP contribution in [0.4, 0.5) is 13.2 Å². The van der Waals surface area contributed by atoms with Gasteiger partial charge in [-0.25, -0.2) is 0 Å². The Labute approximate surface area is 72.9 Å². The number of hydrogen-bond acceptors (Lipinski definition) is 2. The fourth-order valence-electron chi connectivity index (χ4n) is 1.50. The number of nitrogens with one attached hydrogen (secondary N) is 1. The molecular formula is C7H10F3NO2. The van der Waals surface area contributed by atoms with Crippen molar-refractivity contribution >= 4 is 5.97 Å². The summed E-state index contributed by atoms with van der Waals surface area (Å²) in [5.41, 5.74) is 0. The van der Waals surface area contributed by atoms with Gasteiger partial charge in [-0.1, -0.05) is 0 Å². The van der Waals surface area contributed by atoms with E-state index in [4.69, 9.17) is 5.11 Å². The minimum Gasteiger partial charge on any atom is -0.480 e. The number of carbonyl (C=O) groups is 1. The highest BCUT2D eigenvalue weighted by atomic mass is 19.4. The molecule has 0 aromatic rings. The summed E-state index contributed by atoms with van der Waals surface area (Å²) < 4.78 is 36.7. The van der Waals surface area contributed by atoms with E-state index in [2.05, 4.69) is 5.32 Å². The van der Waals surface area contributed by atoms with Crippen molar-refractivity contribution in [3.63, 3.8) is 0 Å².